The number of hydrogen-bond acceptors (Lipinski definition) is 4. The van der Waals surface area contributed by atoms with Gasteiger partial charge in [0.2, 0.25) is 5.91 Å². The average Bonchev–Trinajstić information content (AvgIpc) is 2.86. The smallest absolute Gasteiger partial charge is 0.286 e. The topological polar surface area (TPSA) is 91.1 Å². The van der Waals surface area contributed by atoms with Crippen LogP contribution in [0.25, 0.3) is 0 Å². The Morgan fingerprint density at radius 3 is 2.32 bits per heavy atom. The predicted octanol–water partition coefficient (Wildman–Crippen LogP) is 3.04. The van der Waals surface area contributed by atoms with Crippen LogP contribution in [0.2, 0.25) is 5.02 Å². The molecule has 0 spiro atoms. The Hall–Kier alpha value is -2.25. The summed E-state index contributed by atoms with van der Waals surface area (Å²) < 4.78 is 0. The van der Waals surface area contributed by atoms with Crippen LogP contribution in [-0.2, 0) is 4.79 Å². The van der Waals surface area contributed by atoms with E-state index in [4.69, 9.17) is 11.6 Å². The number of H-pyrrole nitrogens is 1. The predicted molar refractivity (Wildman–Crippen MR) is 98.1 cm³/mol. The van der Waals surface area contributed by atoms with Gasteiger partial charge in [0.15, 0.2) is 5.78 Å². The first-order valence-corrected chi connectivity index (χ1v) is 8.83. The minimum Gasteiger partial charge on any atom is -0.354 e. The molecule has 0 bridgehead atoms. The van der Waals surface area contributed by atoms with Crippen molar-refractivity contribution in [2.24, 2.45) is 0 Å². The summed E-state index contributed by atoms with van der Waals surface area (Å²) in [6.45, 7) is 4.86. The number of hydrogen-bond donors (Lipinski definition) is 3. The first-order valence-electron chi connectivity index (χ1n) is 7.47. The molecule has 0 aliphatic rings. The zero-order chi connectivity index (χ0) is 18.6. The minimum absolute atomic E-state index is 0.117. The van der Waals surface area contributed by atoms with Gasteiger partial charge < -0.3 is 4.98 Å². The van der Waals surface area contributed by atoms with Crippen molar-refractivity contribution in [2.45, 2.75) is 25.7 Å². The molecule has 2 rings (SSSR count). The molecule has 3 N–H and O–H groups in total. The number of ketones is 1. The Morgan fingerprint density at radius 1 is 1.12 bits per heavy atom. The van der Waals surface area contributed by atoms with E-state index in [9.17, 15) is 14.4 Å². The number of Topliss-reactive ketones (excluding diaryl/α,β-unsaturated/α-hetero) is 1. The van der Waals surface area contributed by atoms with E-state index in [0.29, 0.717) is 21.8 Å². The van der Waals surface area contributed by atoms with Crippen molar-refractivity contribution in [3.05, 3.63) is 51.8 Å². The lowest BCUT2D eigenvalue weighted by Gasteiger charge is -2.07. The van der Waals surface area contributed by atoms with Crippen LogP contribution in [0.4, 0.5) is 0 Å². The van der Waals surface area contributed by atoms with Gasteiger partial charge in [-0.15, -0.1) is 11.8 Å². The zero-order valence-electron chi connectivity index (χ0n) is 14.0. The number of amides is 2. The van der Waals surface area contributed by atoms with Gasteiger partial charge in [0.25, 0.3) is 5.91 Å². The molecule has 0 saturated carbocycles. The maximum Gasteiger partial charge on any atom is 0.286 e. The van der Waals surface area contributed by atoms with Gasteiger partial charge in [0, 0.05) is 21.2 Å². The highest BCUT2D eigenvalue weighted by Crippen LogP contribution is 2.20. The third-order valence-corrected chi connectivity index (χ3v) is 4.78. The van der Waals surface area contributed by atoms with Crippen molar-refractivity contribution in [3.8, 4) is 0 Å². The molecule has 1 aromatic carbocycles. The molecule has 0 radical (unpaired) electrons. The van der Waals surface area contributed by atoms with Gasteiger partial charge in [-0.3, -0.25) is 25.2 Å². The Balaban J connectivity index is 1.89. The Bertz CT molecular complexity index is 815. The number of hydrazine groups is 1. The molecule has 0 fully saturated rings. The Morgan fingerprint density at radius 2 is 1.76 bits per heavy atom. The first-order chi connectivity index (χ1) is 11.8. The van der Waals surface area contributed by atoms with Crippen molar-refractivity contribution in [1.82, 2.24) is 15.8 Å². The number of halogens is 1. The van der Waals surface area contributed by atoms with Crippen LogP contribution in [0.15, 0.2) is 29.2 Å². The summed E-state index contributed by atoms with van der Waals surface area (Å²) in [5, 5.41) is 0.627. The molecule has 0 atom stereocenters. The highest BCUT2D eigenvalue weighted by atomic mass is 35.5. The fraction of sp³-hybridized carbons (Fsp3) is 0.235. The van der Waals surface area contributed by atoms with Crippen LogP contribution in [0, 0.1) is 13.8 Å². The number of aromatic amines is 1. The molecule has 0 aliphatic carbocycles. The number of benzene rings is 1. The highest BCUT2D eigenvalue weighted by molar-refractivity contribution is 8.00. The minimum atomic E-state index is -0.502. The summed E-state index contributed by atoms with van der Waals surface area (Å²) in [5.41, 5.74) is 6.65. The van der Waals surface area contributed by atoms with E-state index in [2.05, 4.69) is 15.8 Å². The zero-order valence-corrected chi connectivity index (χ0v) is 15.6. The molecule has 8 heteroatoms. The molecule has 0 saturated heterocycles. The molecule has 1 heterocycles. The molecule has 132 valence electrons. The second-order valence-corrected chi connectivity index (χ2v) is 6.91. The summed E-state index contributed by atoms with van der Waals surface area (Å²) >= 11 is 7.13. The molecule has 25 heavy (non-hydrogen) atoms. The maximum atomic E-state index is 12.2. The summed E-state index contributed by atoms with van der Waals surface area (Å²) in [5.74, 6) is -0.823. The van der Waals surface area contributed by atoms with Gasteiger partial charge in [0.1, 0.15) is 5.69 Å². The third kappa shape index (κ3) is 4.87. The molecule has 0 aliphatic heterocycles. The summed E-state index contributed by atoms with van der Waals surface area (Å²) in [6, 6.07) is 7.11. The molecule has 0 unspecified atom stereocenters. The maximum absolute atomic E-state index is 12.2. The molecule has 1 aromatic heterocycles. The highest BCUT2D eigenvalue weighted by Gasteiger charge is 2.20. The summed E-state index contributed by atoms with van der Waals surface area (Å²) in [4.78, 5) is 39.4. The molecule has 6 nitrogen and oxygen atoms in total. The van der Waals surface area contributed by atoms with Gasteiger partial charge in [-0.25, -0.2) is 0 Å². The molecular formula is C17H18ClN3O3S. The number of aryl methyl sites for hydroxylation is 1. The van der Waals surface area contributed by atoms with Crippen LogP contribution >= 0.6 is 23.4 Å². The SMILES string of the molecule is CC(=O)c1c(C)[nH]c(C(=O)NNC(=O)CSc2ccc(Cl)cc2)c1C. The lowest BCUT2D eigenvalue weighted by Crippen LogP contribution is -2.42. The van der Waals surface area contributed by atoms with Crippen LogP contribution in [0.1, 0.15) is 39.0 Å². The normalized spacial score (nSPS) is 10.4. The average molecular weight is 380 g/mol. The first kappa shape index (κ1) is 19.1. The fourth-order valence-electron chi connectivity index (χ4n) is 2.41. The standard InChI is InChI=1S/C17H18ClN3O3S/c1-9-15(11(3)22)10(2)19-16(9)17(24)21-20-14(23)8-25-13-6-4-12(18)5-7-13/h4-7,19H,8H2,1-3H3,(H,20,23)(H,21,24). The number of rotatable bonds is 5. The van der Waals surface area contributed by atoms with Gasteiger partial charge in [-0.05, 0) is 50.6 Å². The second-order valence-electron chi connectivity index (χ2n) is 5.43. The number of carbonyl (C=O) groups is 3. The quantitative estimate of drug-likeness (QED) is 0.423. The third-order valence-electron chi connectivity index (χ3n) is 3.52. The van der Waals surface area contributed by atoms with Crippen molar-refractivity contribution < 1.29 is 14.4 Å². The molecule has 2 aromatic rings. The number of thioether (sulfide) groups is 1. The second kappa shape index (κ2) is 8.22. The fourth-order valence-corrected chi connectivity index (χ4v) is 3.23. The molecular weight excluding hydrogens is 362 g/mol. The van der Waals surface area contributed by atoms with Crippen LogP contribution in [-0.4, -0.2) is 28.3 Å². The lowest BCUT2D eigenvalue weighted by molar-refractivity contribution is -0.119. The van der Waals surface area contributed by atoms with E-state index >= 15 is 0 Å². The van der Waals surface area contributed by atoms with Gasteiger partial charge in [0.05, 0.1) is 5.75 Å². The van der Waals surface area contributed by atoms with Crippen LogP contribution in [0.5, 0.6) is 0 Å². The van der Waals surface area contributed by atoms with Crippen molar-refractivity contribution in [2.75, 3.05) is 5.75 Å². The lowest BCUT2D eigenvalue weighted by atomic mass is 10.1. The summed E-state index contributed by atoms with van der Waals surface area (Å²) in [7, 11) is 0. The van der Waals surface area contributed by atoms with E-state index in [1.165, 1.54) is 18.7 Å². The van der Waals surface area contributed by atoms with E-state index in [-0.39, 0.29) is 23.1 Å². The van der Waals surface area contributed by atoms with Gasteiger partial charge in [-0.2, -0.15) is 0 Å². The van der Waals surface area contributed by atoms with Crippen LogP contribution in [0.3, 0.4) is 0 Å². The van der Waals surface area contributed by atoms with E-state index < -0.39 is 5.91 Å². The van der Waals surface area contributed by atoms with E-state index in [1.807, 2.05) is 12.1 Å². The number of aromatic nitrogens is 1. The van der Waals surface area contributed by atoms with E-state index in [0.717, 1.165) is 4.90 Å². The molecule has 2 amide bonds. The largest absolute Gasteiger partial charge is 0.354 e. The van der Waals surface area contributed by atoms with Crippen LogP contribution < -0.4 is 10.9 Å². The Labute approximate surface area is 154 Å². The number of nitrogens with one attached hydrogen (secondary N) is 3. The number of carbonyl (C=O) groups excluding carboxylic acids is 3. The summed E-state index contributed by atoms with van der Waals surface area (Å²) in [6.07, 6.45) is 0. The van der Waals surface area contributed by atoms with Gasteiger partial charge >= 0.3 is 0 Å². The Kier molecular flexibility index (Phi) is 6.27. The van der Waals surface area contributed by atoms with Crippen molar-refractivity contribution in [1.29, 1.82) is 0 Å². The van der Waals surface area contributed by atoms with Gasteiger partial charge in [-0.1, -0.05) is 11.6 Å². The van der Waals surface area contributed by atoms with E-state index in [1.54, 1.807) is 26.0 Å². The van der Waals surface area contributed by atoms with Crippen molar-refractivity contribution in [3.63, 3.8) is 0 Å². The monoisotopic (exact) mass is 379 g/mol. The van der Waals surface area contributed by atoms with Crippen molar-refractivity contribution >= 4 is 41.0 Å².